The van der Waals surface area contributed by atoms with Gasteiger partial charge in [-0.2, -0.15) is 13.2 Å². The van der Waals surface area contributed by atoms with E-state index < -0.39 is 52.7 Å². The molecule has 1 aliphatic heterocycles. The number of phenols is 1. The molecule has 0 unspecified atom stereocenters. The average Bonchev–Trinajstić information content (AvgIpc) is 2.61. The fourth-order valence-electron chi connectivity index (χ4n) is 3.48. The van der Waals surface area contributed by atoms with Crippen LogP contribution in [0.5, 0.6) is 5.75 Å². The van der Waals surface area contributed by atoms with Crippen molar-refractivity contribution in [3.63, 3.8) is 0 Å². The average molecular weight is 444 g/mol. The van der Waals surface area contributed by atoms with Crippen molar-refractivity contribution in [1.29, 1.82) is 0 Å². The lowest BCUT2D eigenvalue weighted by atomic mass is 9.98. The highest BCUT2D eigenvalue weighted by atomic mass is 19.4. The molecule has 1 aromatic carbocycles. The number of nitrogens with two attached hydrogens (primary N) is 1. The van der Waals surface area contributed by atoms with Crippen molar-refractivity contribution in [2.24, 2.45) is 0 Å². The van der Waals surface area contributed by atoms with Crippen LogP contribution in [0.4, 0.5) is 23.7 Å². The monoisotopic (exact) mass is 444 g/mol. The number of anilines is 1. The van der Waals surface area contributed by atoms with Crippen molar-refractivity contribution in [2.45, 2.75) is 64.9 Å². The molecule has 2 amide bonds. The number of aromatic hydroxyl groups is 1. The Hall–Kier alpha value is -2.78. The van der Waals surface area contributed by atoms with Crippen molar-refractivity contribution < 1.29 is 32.6 Å². The summed E-state index contributed by atoms with van der Waals surface area (Å²) >= 11 is 0. The summed E-state index contributed by atoms with van der Waals surface area (Å²) in [7, 11) is 0. The number of piperidine rings is 1. The van der Waals surface area contributed by atoms with Crippen LogP contribution in [-0.2, 0) is 10.9 Å². The molecule has 1 aromatic rings. The van der Waals surface area contributed by atoms with Crippen LogP contribution in [0.2, 0.25) is 0 Å². The third-order valence-electron chi connectivity index (χ3n) is 4.76. The molecule has 1 fully saturated rings. The summed E-state index contributed by atoms with van der Waals surface area (Å²) in [6, 6.07) is 0.292. The lowest BCUT2D eigenvalue weighted by molar-refractivity contribution is -0.138. The summed E-state index contributed by atoms with van der Waals surface area (Å²) < 4.78 is 46.0. The van der Waals surface area contributed by atoms with Crippen LogP contribution >= 0.6 is 0 Å². The van der Waals surface area contributed by atoms with E-state index in [1.54, 1.807) is 41.0 Å². The van der Waals surface area contributed by atoms with Gasteiger partial charge in [-0.15, -0.1) is 0 Å². The Kier molecular flexibility index (Phi) is 6.92. The van der Waals surface area contributed by atoms with E-state index in [0.29, 0.717) is 19.0 Å². The van der Waals surface area contributed by atoms with Gasteiger partial charge in [-0.3, -0.25) is 9.69 Å². The number of halogens is 3. The highest BCUT2D eigenvalue weighted by Gasteiger charge is 2.41. The first kappa shape index (κ1) is 24.5. The van der Waals surface area contributed by atoms with Crippen LogP contribution in [-0.4, -0.2) is 57.7 Å². The van der Waals surface area contributed by atoms with Crippen molar-refractivity contribution in [3.05, 3.63) is 29.7 Å². The van der Waals surface area contributed by atoms with Crippen molar-refractivity contribution in [2.75, 3.05) is 18.8 Å². The molecule has 2 rings (SSSR count). The van der Waals surface area contributed by atoms with Crippen LogP contribution in [0.25, 0.3) is 0 Å². The number of carbonyl (C=O) groups is 2. The van der Waals surface area contributed by atoms with E-state index in [1.807, 2.05) is 0 Å². The first-order chi connectivity index (χ1) is 14.1. The van der Waals surface area contributed by atoms with Gasteiger partial charge < -0.3 is 20.5 Å². The summed E-state index contributed by atoms with van der Waals surface area (Å²) in [6.07, 6.45) is -3.23. The topological polar surface area (TPSA) is 96.1 Å². The molecule has 7 nitrogen and oxygen atoms in total. The number of phenolic OH excluding ortho intramolecular Hbond substituents is 1. The number of hydrogen-bond donors (Lipinski definition) is 2. The first-order valence-electron chi connectivity index (χ1n) is 9.93. The maximum atomic E-state index is 13.6. The molecular formula is C21H29F3N3O4+. The number of hydrogen-bond acceptors (Lipinski definition) is 5. The standard InChI is InChI=1S/C21H28F3N3O4/c1-12(2)27(13-7-6-8-26(11-13)19(30)31-20(3,4)5)18(29)14-9-16(25)17(28)10-15(14)21(22,23)24/h6,9-10,12-13H,7-8,11,25H2,1-5H3/p+1/t13-/m1/s1. The molecule has 0 aromatic heterocycles. The maximum Gasteiger partial charge on any atom is 0.417 e. The fourth-order valence-corrected chi connectivity index (χ4v) is 3.48. The van der Waals surface area contributed by atoms with Crippen LogP contribution in [0.15, 0.2) is 12.1 Å². The molecule has 0 saturated carbocycles. The van der Waals surface area contributed by atoms with Gasteiger partial charge in [-0.1, -0.05) is 0 Å². The van der Waals surface area contributed by atoms with E-state index >= 15 is 0 Å². The Morgan fingerprint density at radius 2 is 1.90 bits per heavy atom. The zero-order chi connectivity index (χ0) is 23.7. The number of alkyl halides is 3. The number of benzene rings is 1. The molecule has 1 heterocycles. The normalized spacial score (nSPS) is 17.3. The van der Waals surface area contributed by atoms with E-state index in [0.717, 1.165) is 6.07 Å². The Bertz CT molecular complexity index is 834. The maximum absolute atomic E-state index is 13.6. The molecule has 3 N–H and O–H groups in total. The van der Waals surface area contributed by atoms with Crippen molar-refractivity contribution in [1.82, 2.24) is 9.80 Å². The molecule has 172 valence electrons. The number of rotatable bonds is 3. The van der Waals surface area contributed by atoms with E-state index in [2.05, 4.69) is 0 Å². The van der Waals surface area contributed by atoms with Gasteiger partial charge in [0.1, 0.15) is 17.8 Å². The van der Waals surface area contributed by atoms with Crippen molar-refractivity contribution in [3.8, 4) is 5.75 Å². The fraction of sp³-hybridized carbons (Fsp3) is 0.571. The van der Waals surface area contributed by atoms with Gasteiger partial charge in [0.05, 0.1) is 35.8 Å². The highest BCUT2D eigenvalue weighted by Crippen LogP contribution is 2.38. The molecule has 1 atom stereocenters. The lowest BCUT2D eigenvalue weighted by Crippen LogP contribution is -2.54. The number of amides is 2. The Morgan fingerprint density at radius 1 is 1.29 bits per heavy atom. The quantitative estimate of drug-likeness (QED) is 0.416. The second kappa shape index (κ2) is 8.76. The minimum absolute atomic E-state index is 0.115. The van der Waals surface area contributed by atoms with Gasteiger partial charge in [-0.05, 0) is 46.8 Å². The molecule has 0 aliphatic carbocycles. The summed E-state index contributed by atoms with van der Waals surface area (Å²) in [5.41, 5.74) is 2.64. The Labute approximate surface area is 179 Å². The number of likely N-dealkylation sites (tertiary alicyclic amines) is 1. The van der Waals surface area contributed by atoms with E-state index in [9.17, 15) is 27.9 Å². The van der Waals surface area contributed by atoms with E-state index in [1.165, 1.54) is 9.80 Å². The Morgan fingerprint density at radius 3 is 2.42 bits per heavy atom. The number of nitrogens with zero attached hydrogens (tertiary/aromatic N) is 2. The molecule has 10 heteroatoms. The number of nitrogen functional groups attached to an aromatic ring is 1. The minimum atomic E-state index is -4.86. The van der Waals surface area contributed by atoms with Crippen LogP contribution in [0.3, 0.4) is 0 Å². The number of ether oxygens (including phenoxy) is 1. The summed E-state index contributed by atoms with van der Waals surface area (Å²) in [4.78, 5) is 28.4. The van der Waals surface area contributed by atoms with Crippen LogP contribution < -0.4 is 5.73 Å². The van der Waals surface area contributed by atoms with E-state index in [4.69, 9.17) is 10.5 Å². The molecule has 1 saturated heterocycles. The molecule has 0 spiro atoms. The van der Waals surface area contributed by atoms with Crippen molar-refractivity contribution >= 4 is 17.7 Å². The minimum Gasteiger partial charge on any atom is -0.506 e. The van der Waals surface area contributed by atoms with Crippen LogP contribution in [0, 0.1) is 6.42 Å². The van der Waals surface area contributed by atoms with E-state index in [-0.39, 0.29) is 12.2 Å². The molecule has 31 heavy (non-hydrogen) atoms. The molecule has 0 bridgehead atoms. The SMILES string of the molecule is CC(C)N(C(=O)c1cc(N)c(O)cc1C(F)(F)F)[C@@H]1C[CH+]CN(C(=O)OC(C)(C)C)C1. The second-order valence-electron chi connectivity index (χ2n) is 8.82. The second-order valence-corrected chi connectivity index (χ2v) is 8.82. The van der Waals surface area contributed by atoms with Gasteiger partial charge in [0.2, 0.25) is 0 Å². The van der Waals surface area contributed by atoms with Gasteiger partial charge in [-0.25, -0.2) is 4.79 Å². The van der Waals surface area contributed by atoms with Crippen LogP contribution in [0.1, 0.15) is 57.0 Å². The smallest absolute Gasteiger partial charge is 0.417 e. The predicted octanol–water partition coefficient (Wildman–Crippen LogP) is 4.06. The lowest BCUT2D eigenvalue weighted by Gasteiger charge is -2.38. The number of carbonyl (C=O) groups excluding carboxylic acids is 2. The third kappa shape index (κ3) is 5.89. The summed E-state index contributed by atoms with van der Waals surface area (Å²) in [5, 5.41) is 9.64. The summed E-state index contributed by atoms with van der Waals surface area (Å²) in [6.45, 7) is 8.98. The largest absolute Gasteiger partial charge is 0.506 e. The molecule has 1 aliphatic rings. The zero-order valence-electron chi connectivity index (χ0n) is 18.3. The van der Waals surface area contributed by atoms with Gasteiger partial charge in [0, 0.05) is 6.04 Å². The molecule has 0 radical (unpaired) electrons. The van der Waals surface area contributed by atoms with Gasteiger partial charge in [0.25, 0.3) is 5.91 Å². The zero-order valence-corrected chi connectivity index (χ0v) is 18.3. The summed E-state index contributed by atoms with van der Waals surface area (Å²) in [5.74, 6) is -1.62. The third-order valence-corrected chi connectivity index (χ3v) is 4.76. The van der Waals surface area contributed by atoms with Gasteiger partial charge in [0.15, 0.2) is 6.54 Å². The first-order valence-corrected chi connectivity index (χ1v) is 9.93. The van der Waals surface area contributed by atoms with Gasteiger partial charge >= 0.3 is 12.3 Å². The predicted molar refractivity (Wildman–Crippen MR) is 109 cm³/mol. The molecular weight excluding hydrogens is 415 g/mol. The highest BCUT2D eigenvalue weighted by molar-refractivity contribution is 5.97. The Balaban J connectivity index is 2.37.